The first-order valence-corrected chi connectivity index (χ1v) is 9.99. The van der Waals surface area contributed by atoms with Crippen molar-refractivity contribution in [3.63, 3.8) is 0 Å². The van der Waals surface area contributed by atoms with E-state index in [1.807, 2.05) is 86.6 Å². The molecule has 0 heterocycles. The number of aliphatic imine (C=N–C) groups is 1. The molecule has 0 unspecified atom stereocenters. The van der Waals surface area contributed by atoms with Gasteiger partial charge < -0.3 is 9.47 Å². The highest BCUT2D eigenvalue weighted by Gasteiger charge is 2.07. The van der Waals surface area contributed by atoms with E-state index in [2.05, 4.69) is 12.1 Å². The maximum atomic E-state index is 5.85. The Bertz CT molecular complexity index is 920. The molecule has 0 radical (unpaired) electrons. The van der Waals surface area contributed by atoms with Crippen LogP contribution < -0.4 is 9.47 Å². The van der Waals surface area contributed by atoms with E-state index in [9.17, 15) is 0 Å². The van der Waals surface area contributed by atoms with Crippen molar-refractivity contribution in [1.82, 2.24) is 0 Å². The SMILES string of the molecule is CCOc1ccc(O/C=C(C)/C(=N/c2ccccc2)Sc2ccccc2)cc1. The number of hydrogen-bond acceptors (Lipinski definition) is 4. The van der Waals surface area contributed by atoms with Gasteiger partial charge in [0.05, 0.1) is 18.6 Å². The highest BCUT2D eigenvalue weighted by molar-refractivity contribution is 8.14. The summed E-state index contributed by atoms with van der Waals surface area (Å²) in [5.41, 5.74) is 1.86. The zero-order chi connectivity index (χ0) is 19.6. The van der Waals surface area contributed by atoms with Gasteiger partial charge >= 0.3 is 0 Å². The van der Waals surface area contributed by atoms with E-state index < -0.39 is 0 Å². The van der Waals surface area contributed by atoms with E-state index >= 15 is 0 Å². The summed E-state index contributed by atoms with van der Waals surface area (Å²) < 4.78 is 11.3. The molecule has 4 heteroatoms. The smallest absolute Gasteiger partial charge is 0.126 e. The van der Waals surface area contributed by atoms with Gasteiger partial charge in [0, 0.05) is 10.5 Å². The average Bonchev–Trinajstić information content (AvgIpc) is 2.74. The molecule has 3 aromatic carbocycles. The third-order valence-electron chi connectivity index (χ3n) is 3.79. The van der Waals surface area contributed by atoms with Gasteiger partial charge in [0.2, 0.25) is 0 Å². The zero-order valence-electron chi connectivity index (χ0n) is 16.0. The first kappa shape index (κ1) is 19.8. The number of benzene rings is 3. The molecule has 0 aliphatic carbocycles. The van der Waals surface area contributed by atoms with Crippen LogP contribution in [0.4, 0.5) is 5.69 Å². The molecule has 3 rings (SSSR count). The second kappa shape index (κ2) is 10.4. The molecular formula is C24H23NO2S. The molecule has 28 heavy (non-hydrogen) atoms. The van der Waals surface area contributed by atoms with E-state index in [0.29, 0.717) is 6.61 Å². The summed E-state index contributed by atoms with van der Waals surface area (Å²) in [4.78, 5) is 5.95. The lowest BCUT2D eigenvalue weighted by atomic mass is 10.3. The van der Waals surface area contributed by atoms with Crippen molar-refractivity contribution in [2.75, 3.05) is 6.61 Å². The molecule has 0 aliphatic rings. The van der Waals surface area contributed by atoms with Crippen molar-refractivity contribution in [3.8, 4) is 11.5 Å². The average molecular weight is 390 g/mol. The van der Waals surface area contributed by atoms with Crippen LogP contribution in [0.25, 0.3) is 0 Å². The van der Waals surface area contributed by atoms with Gasteiger partial charge in [-0.25, -0.2) is 4.99 Å². The normalized spacial score (nSPS) is 11.9. The van der Waals surface area contributed by atoms with E-state index in [-0.39, 0.29) is 0 Å². The molecule has 3 nitrogen and oxygen atoms in total. The van der Waals surface area contributed by atoms with Crippen LogP contribution in [0.5, 0.6) is 11.5 Å². The van der Waals surface area contributed by atoms with Gasteiger partial charge in [-0.05, 0) is 62.4 Å². The maximum Gasteiger partial charge on any atom is 0.126 e. The van der Waals surface area contributed by atoms with E-state index in [0.717, 1.165) is 32.7 Å². The van der Waals surface area contributed by atoms with Crippen molar-refractivity contribution in [2.24, 2.45) is 4.99 Å². The summed E-state index contributed by atoms with van der Waals surface area (Å²) in [6, 6.07) is 27.8. The van der Waals surface area contributed by atoms with Crippen LogP contribution in [0.3, 0.4) is 0 Å². The number of para-hydroxylation sites is 1. The number of nitrogens with zero attached hydrogens (tertiary/aromatic N) is 1. The summed E-state index contributed by atoms with van der Waals surface area (Å²) >= 11 is 1.62. The largest absolute Gasteiger partial charge is 0.494 e. The fourth-order valence-electron chi connectivity index (χ4n) is 2.40. The van der Waals surface area contributed by atoms with Gasteiger partial charge in [-0.2, -0.15) is 0 Å². The van der Waals surface area contributed by atoms with Crippen LogP contribution in [0, 0.1) is 0 Å². The molecule has 0 saturated carbocycles. The van der Waals surface area contributed by atoms with Crippen LogP contribution >= 0.6 is 11.8 Å². The highest BCUT2D eigenvalue weighted by atomic mass is 32.2. The molecule has 0 fully saturated rings. The van der Waals surface area contributed by atoms with Gasteiger partial charge in [0.15, 0.2) is 0 Å². The van der Waals surface area contributed by atoms with E-state index in [1.54, 1.807) is 18.0 Å². The Morgan fingerprint density at radius 1 is 0.857 bits per heavy atom. The standard InChI is InChI=1S/C24H23NO2S/c1-3-26-21-14-16-22(17-15-21)27-18-19(2)24(25-20-10-6-4-7-11-20)28-23-12-8-5-9-13-23/h4-18H,3H2,1-2H3/b19-18+,25-24-. The van der Waals surface area contributed by atoms with Crippen LogP contribution in [-0.2, 0) is 0 Å². The first-order chi connectivity index (χ1) is 13.7. The molecule has 0 atom stereocenters. The zero-order valence-corrected chi connectivity index (χ0v) is 16.9. The Hall–Kier alpha value is -2.98. The summed E-state index contributed by atoms with van der Waals surface area (Å²) in [7, 11) is 0. The molecule has 0 bridgehead atoms. The Morgan fingerprint density at radius 3 is 2.11 bits per heavy atom. The van der Waals surface area contributed by atoms with Crippen LogP contribution in [-0.4, -0.2) is 11.7 Å². The lowest BCUT2D eigenvalue weighted by Crippen LogP contribution is -1.97. The minimum atomic E-state index is 0.648. The molecule has 0 spiro atoms. The quantitative estimate of drug-likeness (QED) is 0.191. The summed E-state index contributed by atoms with van der Waals surface area (Å²) in [6.07, 6.45) is 1.74. The number of thioether (sulfide) groups is 1. The second-order valence-electron chi connectivity index (χ2n) is 5.99. The monoisotopic (exact) mass is 389 g/mol. The van der Waals surface area contributed by atoms with Gasteiger partial charge in [0.25, 0.3) is 0 Å². The number of hydrogen-bond donors (Lipinski definition) is 0. The van der Waals surface area contributed by atoms with Crippen LogP contribution in [0.2, 0.25) is 0 Å². The number of rotatable bonds is 7. The van der Waals surface area contributed by atoms with Gasteiger partial charge in [-0.1, -0.05) is 48.2 Å². The molecule has 0 saturated heterocycles. The second-order valence-corrected chi connectivity index (χ2v) is 7.05. The molecule has 142 valence electrons. The molecule has 0 aliphatic heterocycles. The van der Waals surface area contributed by atoms with Gasteiger partial charge in [-0.3, -0.25) is 0 Å². The fraction of sp³-hybridized carbons (Fsp3) is 0.125. The molecule has 0 N–H and O–H groups in total. The lowest BCUT2D eigenvalue weighted by Gasteiger charge is -2.09. The Morgan fingerprint density at radius 2 is 1.46 bits per heavy atom. The van der Waals surface area contributed by atoms with Crippen molar-refractivity contribution < 1.29 is 9.47 Å². The first-order valence-electron chi connectivity index (χ1n) is 9.18. The highest BCUT2D eigenvalue weighted by Crippen LogP contribution is 2.27. The van der Waals surface area contributed by atoms with Crippen molar-refractivity contribution in [2.45, 2.75) is 18.7 Å². The number of ether oxygens (including phenoxy) is 2. The minimum absolute atomic E-state index is 0.648. The van der Waals surface area contributed by atoms with Gasteiger partial charge in [-0.15, -0.1) is 0 Å². The van der Waals surface area contributed by atoms with Crippen LogP contribution in [0.1, 0.15) is 13.8 Å². The topological polar surface area (TPSA) is 30.8 Å². The Balaban J connectivity index is 1.80. The molecule has 3 aromatic rings. The van der Waals surface area contributed by atoms with E-state index in [1.165, 1.54) is 0 Å². The van der Waals surface area contributed by atoms with Crippen LogP contribution in [0.15, 0.2) is 107 Å². The minimum Gasteiger partial charge on any atom is -0.494 e. The fourth-order valence-corrected chi connectivity index (χ4v) is 3.28. The Labute approximate surface area is 170 Å². The van der Waals surface area contributed by atoms with Gasteiger partial charge in [0.1, 0.15) is 16.5 Å². The van der Waals surface area contributed by atoms with Crippen molar-refractivity contribution in [3.05, 3.63) is 96.8 Å². The molecular weight excluding hydrogens is 366 g/mol. The van der Waals surface area contributed by atoms with Crippen molar-refractivity contribution in [1.29, 1.82) is 0 Å². The summed E-state index contributed by atoms with van der Waals surface area (Å²) in [6.45, 7) is 4.62. The maximum absolute atomic E-state index is 5.85. The van der Waals surface area contributed by atoms with Crippen molar-refractivity contribution >= 4 is 22.5 Å². The van der Waals surface area contributed by atoms with E-state index in [4.69, 9.17) is 14.5 Å². The molecule has 0 aromatic heterocycles. The predicted octanol–water partition coefficient (Wildman–Crippen LogP) is 6.89. The third kappa shape index (κ3) is 6.03. The lowest BCUT2D eigenvalue weighted by molar-refractivity contribution is 0.339. The Kier molecular flexibility index (Phi) is 7.33. The summed E-state index contributed by atoms with van der Waals surface area (Å²) in [5, 5.41) is 0.892. The third-order valence-corrected chi connectivity index (χ3v) is 4.90. The molecule has 0 amide bonds. The predicted molar refractivity (Wildman–Crippen MR) is 118 cm³/mol. The summed E-state index contributed by atoms with van der Waals surface area (Å²) in [5.74, 6) is 1.59.